The molecule has 2 heterocycles. The molecule has 3 aromatic rings. The third kappa shape index (κ3) is 5.49. The van der Waals surface area contributed by atoms with Crippen LogP contribution in [0.4, 0.5) is 0 Å². The molecule has 8 heteroatoms. The Morgan fingerprint density at radius 1 is 1.03 bits per heavy atom. The number of likely N-dealkylation sites (tertiary alicyclic amines) is 1. The Hall–Kier alpha value is -4.33. The number of fused-ring (bicyclic) bond motifs is 1. The molecule has 0 radical (unpaired) electrons. The highest BCUT2D eigenvalue weighted by atomic mass is 16.7. The van der Waals surface area contributed by atoms with Gasteiger partial charge in [0.05, 0.1) is 5.92 Å². The SMILES string of the molecule is Cc1ccccc1-c1ccc(C[C@H](NC(=O)C2CCCN(C(=O)c3ccc4c(c3)OCO4)C2)C(=O)O)cc1. The number of aryl methyl sites for hydroxylation is 1. The van der Waals surface area contributed by atoms with Gasteiger partial charge in [-0.3, -0.25) is 9.59 Å². The lowest BCUT2D eigenvalue weighted by atomic mass is 9.95. The van der Waals surface area contributed by atoms with Gasteiger partial charge in [0.25, 0.3) is 5.91 Å². The van der Waals surface area contributed by atoms with Crippen molar-refractivity contribution in [2.75, 3.05) is 19.9 Å². The average molecular weight is 515 g/mol. The molecule has 8 nitrogen and oxygen atoms in total. The van der Waals surface area contributed by atoms with E-state index in [-0.39, 0.29) is 31.6 Å². The summed E-state index contributed by atoms with van der Waals surface area (Å²) in [5.41, 5.74) is 4.62. The summed E-state index contributed by atoms with van der Waals surface area (Å²) in [6, 6.07) is 19.8. The number of nitrogens with one attached hydrogen (secondary N) is 1. The predicted octanol–water partition coefficient (Wildman–Crippen LogP) is 4.06. The lowest BCUT2D eigenvalue weighted by molar-refractivity contribution is -0.142. The Labute approximate surface area is 221 Å². The molecule has 5 rings (SSSR count). The lowest BCUT2D eigenvalue weighted by Crippen LogP contribution is -2.50. The van der Waals surface area contributed by atoms with Crippen LogP contribution >= 0.6 is 0 Å². The van der Waals surface area contributed by atoms with Gasteiger partial charge < -0.3 is 24.8 Å². The van der Waals surface area contributed by atoms with Crippen molar-refractivity contribution >= 4 is 17.8 Å². The largest absolute Gasteiger partial charge is 0.480 e. The number of benzene rings is 3. The molecule has 1 saturated heterocycles. The van der Waals surface area contributed by atoms with Crippen LogP contribution in [0.2, 0.25) is 0 Å². The summed E-state index contributed by atoms with van der Waals surface area (Å²) in [7, 11) is 0. The molecule has 2 atom stereocenters. The van der Waals surface area contributed by atoms with Gasteiger partial charge in [-0.25, -0.2) is 4.79 Å². The standard InChI is InChI=1S/C30H30N2O6/c1-19-5-2-3-7-24(19)21-10-8-20(9-11-21)15-25(30(35)36)31-28(33)23-6-4-14-32(17-23)29(34)22-12-13-26-27(16-22)38-18-37-26/h2-3,5,7-13,16,23,25H,4,6,14-15,17-18H2,1H3,(H,31,33)(H,35,36)/t23?,25-/m0/s1. The smallest absolute Gasteiger partial charge is 0.326 e. The topological polar surface area (TPSA) is 105 Å². The Balaban J connectivity index is 1.21. The maximum atomic E-state index is 13.1. The van der Waals surface area contributed by atoms with E-state index in [0.717, 1.165) is 22.3 Å². The Morgan fingerprint density at radius 3 is 2.55 bits per heavy atom. The van der Waals surface area contributed by atoms with Crippen molar-refractivity contribution in [3.05, 3.63) is 83.4 Å². The van der Waals surface area contributed by atoms with Crippen LogP contribution in [0, 0.1) is 12.8 Å². The first-order chi connectivity index (χ1) is 18.4. The minimum atomic E-state index is -1.09. The van der Waals surface area contributed by atoms with E-state index in [1.165, 1.54) is 0 Å². The molecular formula is C30H30N2O6. The van der Waals surface area contributed by atoms with Crippen molar-refractivity contribution in [3.63, 3.8) is 0 Å². The number of hydrogen-bond acceptors (Lipinski definition) is 5. The molecular weight excluding hydrogens is 484 g/mol. The zero-order chi connectivity index (χ0) is 26.6. The van der Waals surface area contributed by atoms with Crippen LogP contribution in [0.5, 0.6) is 11.5 Å². The van der Waals surface area contributed by atoms with Crippen molar-refractivity contribution < 1.29 is 29.0 Å². The second kappa shape index (κ2) is 11.0. The number of rotatable bonds is 7. The van der Waals surface area contributed by atoms with Crippen LogP contribution in [0.1, 0.15) is 34.3 Å². The van der Waals surface area contributed by atoms with Gasteiger partial charge in [0.15, 0.2) is 11.5 Å². The number of carbonyl (C=O) groups is 3. The van der Waals surface area contributed by atoms with Crippen molar-refractivity contribution in [2.45, 2.75) is 32.2 Å². The molecule has 3 aromatic carbocycles. The minimum Gasteiger partial charge on any atom is -0.480 e. The number of hydrogen-bond donors (Lipinski definition) is 2. The number of carbonyl (C=O) groups excluding carboxylic acids is 2. The molecule has 2 aliphatic rings. The maximum absolute atomic E-state index is 13.1. The molecule has 196 valence electrons. The van der Waals surface area contributed by atoms with Gasteiger partial charge in [-0.15, -0.1) is 0 Å². The first-order valence-corrected chi connectivity index (χ1v) is 12.8. The van der Waals surface area contributed by atoms with Crippen LogP contribution in [0.15, 0.2) is 66.7 Å². The van der Waals surface area contributed by atoms with Crippen molar-refractivity contribution in [3.8, 4) is 22.6 Å². The molecule has 1 fully saturated rings. The van der Waals surface area contributed by atoms with E-state index in [9.17, 15) is 19.5 Å². The van der Waals surface area contributed by atoms with Crippen LogP contribution in [-0.4, -0.2) is 53.7 Å². The van der Waals surface area contributed by atoms with Crippen molar-refractivity contribution in [1.82, 2.24) is 10.2 Å². The van der Waals surface area contributed by atoms with E-state index < -0.39 is 17.9 Å². The highest BCUT2D eigenvalue weighted by Gasteiger charge is 2.32. The molecule has 0 spiro atoms. The van der Waals surface area contributed by atoms with Crippen molar-refractivity contribution in [2.24, 2.45) is 5.92 Å². The highest BCUT2D eigenvalue weighted by molar-refractivity contribution is 5.95. The van der Waals surface area contributed by atoms with Crippen molar-refractivity contribution in [1.29, 1.82) is 0 Å². The lowest BCUT2D eigenvalue weighted by Gasteiger charge is -2.32. The van der Waals surface area contributed by atoms with E-state index in [2.05, 4.69) is 11.4 Å². The van der Waals surface area contributed by atoms with Crippen LogP contribution in [0.3, 0.4) is 0 Å². The van der Waals surface area contributed by atoms with E-state index in [4.69, 9.17) is 9.47 Å². The Morgan fingerprint density at radius 2 is 1.79 bits per heavy atom. The van der Waals surface area contributed by atoms with E-state index >= 15 is 0 Å². The Bertz CT molecular complexity index is 1350. The van der Waals surface area contributed by atoms with Gasteiger partial charge in [-0.1, -0.05) is 48.5 Å². The van der Waals surface area contributed by atoms with Gasteiger partial charge in [0.1, 0.15) is 6.04 Å². The number of nitrogens with zero attached hydrogens (tertiary/aromatic N) is 1. The molecule has 0 saturated carbocycles. The monoisotopic (exact) mass is 514 g/mol. The van der Waals surface area contributed by atoms with E-state index in [1.54, 1.807) is 23.1 Å². The molecule has 2 N–H and O–H groups in total. The molecule has 2 amide bonds. The van der Waals surface area contributed by atoms with E-state index in [0.29, 0.717) is 36.4 Å². The van der Waals surface area contributed by atoms with Crippen LogP contribution in [0.25, 0.3) is 11.1 Å². The molecule has 0 aliphatic carbocycles. The first kappa shape index (κ1) is 25.3. The second-order valence-electron chi connectivity index (χ2n) is 9.77. The molecule has 0 aromatic heterocycles. The number of aliphatic carboxylic acids is 1. The fourth-order valence-corrected chi connectivity index (χ4v) is 5.03. The molecule has 2 aliphatic heterocycles. The number of carboxylic acid groups (broad SMARTS) is 1. The summed E-state index contributed by atoms with van der Waals surface area (Å²) in [6.07, 6.45) is 1.42. The quantitative estimate of drug-likeness (QED) is 0.493. The molecule has 38 heavy (non-hydrogen) atoms. The number of carboxylic acids is 1. The molecule has 0 bridgehead atoms. The first-order valence-electron chi connectivity index (χ1n) is 12.8. The second-order valence-corrected chi connectivity index (χ2v) is 9.77. The number of ether oxygens (including phenoxy) is 2. The number of piperidine rings is 1. The minimum absolute atomic E-state index is 0.126. The predicted molar refractivity (Wildman–Crippen MR) is 141 cm³/mol. The van der Waals surface area contributed by atoms with Gasteiger partial charge in [-0.05, 0) is 60.2 Å². The fraction of sp³-hybridized carbons (Fsp3) is 0.300. The highest BCUT2D eigenvalue weighted by Crippen LogP contribution is 2.33. The zero-order valence-corrected chi connectivity index (χ0v) is 21.2. The summed E-state index contributed by atoms with van der Waals surface area (Å²) in [5.74, 6) is -0.987. The third-order valence-corrected chi connectivity index (χ3v) is 7.16. The zero-order valence-electron chi connectivity index (χ0n) is 21.2. The van der Waals surface area contributed by atoms with E-state index in [1.807, 2.05) is 49.4 Å². The third-order valence-electron chi connectivity index (χ3n) is 7.16. The normalized spacial score (nSPS) is 17.1. The molecule has 1 unspecified atom stereocenters. The number of amides is 2. The fourth-order valence-electron chi connectivity index (χ4n) is 5.03. The van der Waals surface area contributed by atoms with Gasteiger partial charge in [0, 0.05) is 25.1 Å². The summed E-state index contributed by atoms with van der Waals surface area (Å²) < 4.78 is 10.7. The summed E-state index contributed by atoms with van der Waals surface area (Å²) in [5, 5.41) is 12.5. The van der Waals surface area contributed by atoms with Crippen LogP contribution < -0.4 is 14.8 Å². The van der Waals surface area contributed by atoms with Crippen LogP contribution in [-0.2, 0) is 16.0 Å². The summed E-state index contributed by atoms with van der Waals surface area (Å²) in [6.45, 7) is 2.94. The average Bonchev–Trinajstić information content (AvgIpc) is 3.41. The van der Waals surface area contributed by atoms with Gasteiger partial charge >= 0.3 is 5.97 Å². The summed E-state index contributed by atoms with van der Waals surface area (Å²) in [4.78, 5) is 39.8. The van der Waals surface area contributed by atoms with Gasteiger partial charge in [-0.2, -0.15) is 0 Å². The maximum Gasteiger partial charge on any atom is 0.326 e. The summed E-state index contributed by atoms with van der Waals surface area (Å²) >= 11 is 0. The Kier molecular flexibility index (Phi) is 7.31. The van der Waals surface area contributed by atoms with Gasteiger partial charge in [0.2, 0.25) is 12.7 Å².